The number of sulfonamides is 1. The fourth-order valence-corrected chi connectivity index (χ4v) is 6.17. The van der Waals surface area contributed by atoms with Crippen LogP contribution < -0.4 is 5.32 Å². The lowest BCUT2D eigenvalue weighted by Gasteiger charge is -2.31. The molecule has 1 saturated heterocycles. The van der Waals surface area contributed by atoms with E-state index in [0.717, 1.165) is 10.4 Å². The Labute approximate surface area is 196 Å². The fourth-order valence-electron chi connectivity index (χ4n) is 3.90. The van der Waals surface area contributed by atoms with Crippen LogP contribution in [0.2, 0.25) is 0 Å². The van der Waals surface area contributed by atoms with Gasteiger partial charge in [0.2, 0.25) is 15.9 Å². The number of hydrogen-bond donors (Lipinski definition) is 1. The minimum Gasteiger partial charge on any atom is -0.344 e. The highest BCUT2D eigenvalue weighted by Crippen LogP contribution is 2.29. The second-order valence-electron chi connectivity index (χ2n) is 7.82. The maximum atomic E-state index is 13.4. The molecule has 1 amide bonds. The van der Waals surface area contributed by atoms with Crippen molar-refractivity contribution in [2.45, 2.75) is 23.8 Å². The van der Waals surface area contributed by atoms with Crippen LogP contribution in [-0.4, -0.2) is 31.7 Å². The maximum Gasteiger partial charge on any atom is 0.243 e. The molecule has 0 unspecified atom stereocenters. The van der Waals surface area contributed by atoms with Crippen LogP contribution in [0.15, 0.2) is 70.9 Å². The lowest BCUT2D eigenvalue weighted by Crippen LogP contribution is -2.43. The normalized spacial score (nSPS) is 16.1. The van der Waals surface area contributed by atoms with Gasteiger partial charge in [-0.1, -0.05) is 18.2 Å². The quantitative estimate of drug-likeness (QED) is 0.572. The molecule has 1 atom stereocenters. The second kappa shape index (κ2) is 9.83. The Kier molecular flexibility index (Phi) is 6.88. The molecule has 1 aromatic heterocycles. The topological polar surface area (TPSA) is 90.3 Å². The number of carbonyl (C=O) groups excluding carboxylic acids is 1. The van der Waals surface area contributed by atoms with Crippen LogP contribution in [0.25, 0.3) is 0 Å². The molecular weight excluding hydrogens is 461 g/mol. The summed E-state index contributed by atoms with van der Waals surface area (Å²) < 4.78 is 40.6. The van der Waals surface area contributed by atoms with E-state index in [1.807, 2.05) is 23.6 Å². The van der Waals surface area contributed by atoms with E-state index in [1.54, 1.807) is 12.1 Å². The summed E-state index contributed by atoms with van der Waals surface area (Å²) in [6.45, 7) is 0.473. The van der Waals surface area contributed by atoms with Gasteiger partial charge in [0.15, 0.2) is 0 Å². The molecule has 170 valence electrons. The van der Waals surface area contributed by atoms with E-state index in [1.165, 1.54) is 52.0 Å². The summed E-state index contributed by atoms with van der Waals surface area (Å²) in [5.74, 6) is -0.806. The lowest BCUT2D eigenvalue weighted by molar-refractivity contribution is -0.126. The average molecular weight is 484 g/mol. The number of hydrogen-bond acceptors (Lipinski definition) is 5. The molecule has 6 nitrogen and oxygen atoms in total. The summed E-state index contributed by atoms with van der Waals surface area (Å²) in [6, 6.07) is 17.3. The third kappa shape index (κ3) is 5.14. The zero-order valence-electron chi connectivity index (χ0n) is 17.6. The van der Waals surface area contributed by atoms with Crippen LogP contribution in [0.1, 0.15) is 34.9 Å². The van der Waals surface area contributed by atoms with Gasteiger partial charge < -0.3 is 5.32 Å². The van der Waals surface area contributed by atoms with Crippen molar-refractivity contribution in [3.63, 3.8) is 0 Å². The highest BCUT2D eigenvalue weighted by atomic mass is 32.2. The number of piperidine rings is 1. The van der Waals surface area contributed by atoms with E-state index in [-0.39, 0.29) is 35.6 Å². The van der Waals surface area contributed by atoms with E-state index in [2.05, 4.69) is 5.32 Å². The molecule has 33 heavy (non-hydrogen) atoms. The molecule has 1 aliphatic rings. The van der Waals surface area contributed by atoms with Crippen molar-refractivity contribution >= 4 is 27.3 Å². The van der Waals surface area contributed by atoms with Crippen molar-refractivity contribution in [2.24, 2.45) is 5.92 Å². The van der Waals surface area contributed by atoms with Gasteiger partial charge in [-0.15, -0.1) is 11.3 Å². The molecule has 1 N–H and O–H groups in total. The summed E-state index contributed by atoms with van der Waals surface area (Å²) in [5.41, 5.74) is 1.18. The van der Waals surface area contributed by atoms with Gasteiger partial charge in [0.05, 0.1) is 22.6 Å². The highest BCUT2D eigenvalue weighted by molar-refractivity contribution is 7.89. The van der Waals surface area contributed by atoms with Crippen LogP contribution >= 0.6 is 11.3 Å². The first-order valence-electron chi connectivity index (χ1n) is 10.5. The number of nitrogens with zero attached hydrogens (tertiary/aromatic N) is 2. The van der Waals surface area contributed by atoms with Crippen LogP contribution in [0, 0.1) is 23.1 Å². The Morgan fingerprint density at radius 3 is 2.33 bits per heavy atom. The minimum atomic E-state index is -3.68. The number of nitrogens with one attached hydrogen (secondary N) is 1. The minimum absolute atomic E-state index is 0.137. The molecule has 0 saturated carbocycles. The van der Waals surface area contributed by atoms with Crippen LogP contribution in [0.3, 0.4) is 0 Å². The summed E-state index contributed by atoms with van der Waals surface area (Å²) >= 11 is 1.51. The zero-order chi connectivity index (χ0) is 23.4. The number of nitriles is 1. The maximum absolute atomic E-state index is 13.4. The Balaban J connectivity index is 1.43. The lowest BCUT2D eigenvalue weighted by atomic mass is 9.96. The Bertz CT molecular complexity index is 1240. The summed E-state index contributed by atoms with van der Waals surface area (Å²) in [6.07, 6.45) is 0.809. The summed E-state index contributed by atoms with van der Waals surface area (Å²) in [7, 11) is -3.68. The first kappa shape index (κ1) is 23.1. The third-order valence-corrected chi connectivity index (χ3v) is 8.61. The van der Waals surface area contributed by atoms with Gasteiger partial charge in [0.25, 0.3) is 0 Å². The van der Waals surface area contributed by atoms with Crippen molar-refractivity contribution in [2.75, 3.05) is 13.1 Å². The smallest absolute Gasteiger partial charge is 0.243 e. The van der Waals surface area contributed by atoms with Crippen LogP contribution in [-0.2, 0) is 14.8 Å². The predicted octanol–water partition coefficient (Wildman–Crippen LogP) is 4.07. The van der Waals surface area contributed by atoms with Gasteiger partial charge in [-0.3, -0.25) is 4.79 Å². The van der Waals surface area contributed by atoms with Crippen molar-refractivity contribution < 1.29 is 17.6 Å². The SMILES string of the molecule is N#Cc1ccc(S(=O)(=O)N2CCC(C(=O)N[C@H](c3ccc(F)cc3)c3cccs3)CC2)cc1. The monoisotopic (exact) mass is 483 g/mol. The van der Waals surface area contributed by atoms with E-state index < -0.39 is 16.1 Å². The highest BCUT2D eigenvalue weighted by Gasteiger charge is 2.33. The number of rotatable bonds is 6. The molecule has 4 rings (SSSR count). The van der Waals surface area contributed by atoms with E-state index in [0.29, 0.717) is 18.4 Å². The van der Waals surface area contributed by atoms with Gasteiger partial charge in [0, 0.05) is 23.9 Å². The Morgan fingerprint density at radius 2 is 1.76 bits per heavy atom. The molecule has 0 spiro atoms. The summed E-state index contributed by atoms with van der Waals surface area (Å²) in [4.78, 5) is 14.1. The average Bonchev–Trinajstić information content (AvgIpc) is 3.38. The Morgan fingerprint density at radius 1 is 1.09 bits per heavy atom. The summed E-state index contributed by atoms with van der Waals surface area (Å²) in [5, 5.41) is 13.9. The molecular formula is C24H22FN3O3S2. The van der Waals surface area contributed by atoms with Gasteiger partial charge >= 0.3 is 0 Å². The molecule has 0 bridgehead atoms. The van der Waals surface area contributed by atoms with Gasteiger partial charge in [0.1, 0.15) is 5.82 Å². The Hall–Kier alpha value is -3.06. The van der Waals surface area contributed by atoms with Gasteiger partial charge in [-0.25, -0.2) is 12.8 Å². The van der Waals surface area contributed by atoms with Crippen LogP contribution in [0.5, 0.6) is 0 Å². The zero-order valence-corrected chi connectivity index (χ0v) is 19.3. The number of thiophene rings is 1. The number of amides is 1. The van der Waals surface area contributed by atoms with Gasteiger partial charge in [-0.2, -0.15) is 9.57 Å². The fraction of sp³-hybridized carbons (Fsp3) is 0.250. The standard InChI is InChI=1S/C24H22FN3O3S2/c25-20-7-5-18(6-8-20)23(22-2-1-15-32-22)27-24(29)19-11-13-28(14-12-19)33(30,31)21-9-3-17(16-26)4-10-21/h1-10,15,19,23H,11-14H2,(H,27,29)/t23-/m1/s1. The van der Waals surface area contributed by atoms with Gasteiger partial charge in [-0.05, 0) is 66.2 Å². The molecule has 3 aromatic rings. The van der Waals surface area contributed by atoms with E-state index in [4.69, 9.17) is 5.26 Å². The molecule has 1 aliphatic heterocycles. The number of halogens is 1. The van der Waals surface area contributed by atoms with E-state index >= 15 is 0 Å². The van der Waals surface area contributed by atoms with Crippen molar-refractivity contribution in [3.05, 3.63) is 87.9 Å². The number of benzene rings is 2. The van der Waals surface area contributed by atoms with E-state index in [9.17, 15) is 17.6 Å². The molecule has 1 fully saturated rings. The van der Waals surface area contributed by atoms with Crippen LogP contribution in [0.4, 0.5) is 4.39 Å². The first-order valence-corrected chi connectivity index (χ1v) is 12.8. The van der Waals surface area contributed by atoms with Crippen molar-refractivity contribution in [1.82, 2.24) is 9.62 Å². The third-order valence-electron chi connectivity index (χ3n) is 5.76. The van der Waals surface area contributed by atoms with Crippen molar-refractivity contribution in [3.8, 4) is 6.07 Å². The molecule has 2 heterocycles. The molecule has 2 aromatic carbocycles. The largest absolute Gasteiger partial charge is 0.344 e. The first-order chi connectivity index (χ1) is 15.9. The second-order valence-corrected chi connectivity index (χ2v) is 10.7. The number of carbonyl (C=O) groups is 1. The molecule has 0 aliphatic carbocycles. The van der Waals surface area contributed by atoms with Crippen molar-refractivity contribution in [1.29, 1.82) is 5.26 Å². The predicted molar refractivity (Wildman–Crippen MR) is 123 cm³/mol. The molecule has 0 radical (unpaired) electrons. The molecule has 9 heteroatoms.